The third kappa shape index (κ3) is 3.12. The highest BCUT2D eigenvalue weighted by Crippen LogP contribution is 2.27. The maximum Gasteiger partial charge on any atom is 0.255 e. The Hall–Kier alpha value is -1.32. The molecule has 1 aromatic carbocycles. The summed E-state index contributed by atoms with van der Waals surface area (Å²) in [5.74, 6) is -0.394. The minimum Gasteiger partial charge on any atom is -0.286 e. The molecule has 0 radical (unpaired) electrons. The van der Waals surface area contributed by atoms with E-state index in [1.54, 1.807) is 39.0 Å². The summed E-state index contributed by atoms with van der Waals surface area (Å²) < 4.78 is 0. The molecule has 0 bridgehead atoms. The second-order valence-electron chi connectivity index (χ2n) is 4.86. The first kappa shape index (κ1) is 14.7. The predicted molar refractivity (Wildman–Crippen MR) is 72.4 cm³/mol. The Labute approximate surface area is 113 Å². The van der Waals surface area contributed by atoms with Crippen molar-refractivity contribution in [2.45, 2.75) is 27.3 Å². The zero-order valence-electron chi connectivity index (χ0n) is 10.9. The highest BCUT2D eigenvalue weighted by Gasteiger charge is 2.32. The molecular formula is C14H18ClNO2. The molecule has 0 atom stereocenters. The van der Waals surface area contributed by atoms with E-state index < -0.39 is 11.3 Å². The molecule has 1 N–H and O–H groups in total. The Morgan fingerprint density at radius 1 is 1.44 bits per heavy atom. The highest BCUT2D eigenvalue weighted by atomic mass is 35.5. The van der Waals surface area contributed by atoms with Gasteiger partial charge in [-0.25, -0.2) is 5.06 Å². The molecule has 0 saturated heterocycles. The lowest BCUT2D eigenvalue weighted by Crippen LogP contribution is -2.39. The standard InChI is InChI=1S/C14H18ClNO2/c1-10(2)14(3,4)13(17)16(18)9-11-7-5-6-8-12(11)15/h5-8,18H,1,9H2,2-4H3. The Bertz CT molecular complexity index is 469. The monoisotopic (exact) mass is 267 g/mol. The van der Waals surface area contributed by atoms with Gasteiger partial charge in [0.25, 0.3) is 5.91 Å². The van der Waals surface area contributed by atoms with E-state index in [1.165, 1.54) is 0 Å². The molecule has 18 heavy (non-hydrogen) atoms. The molecule has 0 aliphatic heterocycles. The second kappa shape index (κ2) is 5.55. The Kier molecular flexibility index (Phi) is 4.54. The highest BCUT2D eigenvalue weighted by molar-refractivity contribution is 6.31. The van der Waals surface area contributed by atoms with Crippen LogP contribution in [0.25, 0.3) is 0 Å². The molecule has 98 valence electrons. The lowest BCUT2D eigenvalue weighted by Gasteiger charge is -2.28. The number of hydrogen-bond donors (Lipinski definition) is 1. The van der Waals surface area contributed by atoms with Gasteiger partial charge in [-0.15, -0.1) is 0 Å². The summed E-state index contributed by atoms with van der Waals surface area (Å²) in [6.07, 6.45) is 0. The smallest absolute Gasteiger partial charge is 0.255 e. The van der Waals surface area contributed by atoms with E-state index in [2.05, 4.69) is 6.58 Å². The van der Waals surface area contributed by atoms with Crippen molar-refractivity contribution in [3.8, 4) is 0 Å². The number of amides is 1. The van der Waals surface area contributed by atoms with Crippen LogP contribution in [0.5, 0.6) is 0 Å². The summed E-state index contributed by atoms with van der Waals surface area (Å²) >= 11 is 5.98. The SMILES string of the molecule is C=C(C)C(C)(C)C(=O)N(O)Cc1ccccc1Cl. The van der Waals surface area contributed by atoms with Crippen LogP contribution in [0.2, 0.25) is 5.02 Å². The predicted octanol–water partition coefficient (Wildman–Crippen LogP) is 3.66. The van der Waals surface area contributed by atoms with Gasteiger partial charge >= 0.3 is 0 Å². The number of hydroxylamine groups is 2. The molecule has 1 rings (SSSR count). The average molecular weight is 268 g/mol. The summed E-state index contributed by atoms with van der Waals surface area (Å²) in [7, 11) is 0. The molecule has 0 aliphatic rings. The van der Waals surface area contributed by atoms with E-state index in [1.807, 2.05) is 6.07 Å². The number of hydrogen-bond acceptors (Lipinski definition) is 2. The third-order valence-corrected chi connectivity index (χ3v) is 3.48. The van der Waals surface area contributed by atoms with E-state index in [-0.39, 0.29) is 6.54 Å². The molecule has 1 amide bonds. The first-order chi connectivity index (χ1) is 8.26. The summed E-state index contributed by atoms with van der Waals surface area (Å²) in [6, 6.07) is 7.10. The summed E-state index contributed by atoms with van der Waals surface area (Å²) in [4.78, 5) is 12.1. The Morgan fingerprint density at radius 2 is 2.00 bits per heavy atom. The van der Waals surface area contributed by atoms with Crippen molar-refractivity contribution < 1.29 is 10.0 Å². The molecule has 0 saturated carbocycles. The first-order valence-electron chi connectivity index (χ1n) is 5.67. The first-order valence-corrected chi connectivity index (χ1v) is 6.05. The largest absolute Gasteiger partial charge is 0.286 e. The Balaban J connectivity index is 2.84. The fraction of sp³-hybridized carbons (Fsp3) is 0.357. The molecule has 4 heteroatoms. The summed E-state index contributed by atoms with van der Waals surface area (Å²) in [5, 5.41) is 11.1. The van der Waals surface area contributed by atoms with E-state index in [4.69, 9.17) is 11.6 Å². The number of carbonyl (C=O) groups is 1. The summed E-state index contributed by atoms with van der Waals surface area (Å²) in [5.41, 5.74) is 0.606. The van der Waals surface area contributed by atoms with Crippen molar-refractivity contribution in [2.24, 2.45) is 5.41 Å². The van der Waals surface area contributed by atoms with E-state index in [0.29, 0.717) is 21.2 Å². The van der Waals surface area contributed by atoms with Gasteiger partial charge in [-0.2, -0.15) is 0 Å². The average Bonchev–Trinajstić information content (AvgIpc) is 2.30. The quantitative estimate of drug-likeness (QED) is 0.514. The molecule has 0 aromatic heterocycles. The van der Waals surface area contributed by atoms with Crippen LogP contribution in [0.15, 0.2) is 36.4 Å². The number of carbonyl (C=O) groups excluding carboxylic acids is 1. The number of rotatable bonds is 4. The third-order valence-electron chi connectivity index (χ3n) is 3.11. The molecule has 0 fully saturated rings. The van der Waals surface area contributed by atoms with Crippen LogP contribution in [-0.4, -0.2) is 16.2 Å². The van der Waals surface area contributed by atoms with Crippen molar-refractivity contribution in [1.29, 1.82) is 0 Å². The molecule has 0 aliphatic carbocycles. The van der Waals surface area contributed by atoms with Gasteiger partial charge in [-0.05, 0) is 32.4 Å². The van der Waals surface area contributed by atoms with Gasteiger partial charge < -0.3 is 0 Å². The maximum atomic E-state index is 12.1. The number of nitrogens with zero attached hydrogens (tertiary/aromatic N) is 1. The lowest BCUT2D eigenvalue weighted by atomic mass is 9.85. The normalized spacial score (nSPS) is 11.2. The van der Waals surface area contributed by atoms with Crippen LogP contribution in [0.4, 0.5) is 0 Å². The van der Waals surface area contributed by atoms with Crippen LogP contribution in [0, 0.1) is 5.41 Å². The van der Waals surface area contributed by atoms with Gasteiger partial charge in [0, 0.05) is 5.02 Å². The van der Waals surface area contributed by atoms with Crippen molar-refractivity contribution in [2.75, 3.05) is 0 Å². The van der Waals surface area contributed by atoms with Crippen LogP contribution in [0.1, 0.15) is 26.3 Å². The van der Waals surface area contributed by atoms with Crippen LogP contribution in [-0.2, 0) is 11.3 Å². The van der Waals surface area contributed by atoms with Gasteiger partial charge in [-0.3, -0.25) is 10.0 Å². The van der Waals surface area contributed by atoms with Crippen molar-refractivity contribution in [3.63, 3.8) is 0 Å². The van der Waals surface area contributed by atoms with Crippen LogP contribution < -0.4 is 0 Å². The van der Waals surface area contributed by atoms with Crippen molar-refractivity contribution in [3.05, 3.63) is 47.0 Å². The van der Waals surface area contributed by atoms with Gasteiger partial charge in [0.1, 0.15) is 0 Å². The molecule has 0 spiro atoms. The summed E-state index contributed by atoms with van der Waals surface area (Å²) in [6.45, 7) is 9.06. The molecule has 3 nitrogen and oxygen atoms in total. The minimum absolute atomic E-state index is 0.0647. The number of halogens is 1. The zero-order valence-corrected chi connectivity index (χ0v) is 11.7. The van der Waals surface area contributed by atoms with Crippen molar-refractivity contribution >= 4 is 17.5 Å². The maximum absolute atomic E-state index is 12.1. The van der Waals surface area contributed by atoms with Crippen molar-refractivity contribution in [1.82, 2.24) is 5.06 Å². The molecule has 1 aromatic rings. The minimum atomic E-state index is -0.796. The van der Waals surface area contributed by atoms with E-state index >= 15 is 0 Å². The van der Waals surface area contributed by atoms with Gasteiger partial charge in [0.15, 0.2) is 0 Å². The van der Waals surface area contributed by atoms with Gasteiger partial charge in [-0.1, -0.05) is 42.0 Å². The fourth-order valence-electron chi connectivity index (χ4n) is 1.36. The molecule has 0 unspecified atom stereocenters. The van der Waals surface area contributed by atoms with E-state index in [9.17, 15) is 10.0 Å². The van der Waals surface area contributed by atoms with E-state index in [0.717, 1.165) is 0 Å². The van der Waals surface area contributed by atoms with Crippen LogP contribution >= 0.6 is 11.6 Å². The van der Waals surface area contributed by atoms with Gasteiger partial charge in [0.05, 0.1) is 12.0 Å². The molecular weight excluding hydrogens is 250 g/mol. The zero-order chi connectivity index (χ0) is 13.9. The van der Waals surface area contributed by atoms with Crippen LogP contribution in [0.3, 0.4) is 0 Å². The fourth-order valence-corrected chi connectivity index (χ4v) is 1.56. The second-order valence-corrected chi connectivity index (χ2v) is 5.27. The number of benzene rings is 1. The molecule has 0 heterocycles. The lowest BCUT2D eigenvalue weighted by molar-refractivity contribution is -0.176. The van der Waals surface area contributed by atoms with Gasteiger partial charge in [0.2, 0.25) is 0 Å². The Morgan fingerprint density at radius 3 is 2.50 bits per heavy atom. The topological polar surface area (TPSA) is 40.5 Å².